The molecular formula is C13H22ClN3O4S2. The minimum Gasteiger partial charge on any atom is -0.330 e. The summed E-state index contributed by atoms with van der Waals surface area (Å²) in [5, 5.41) is 5.07. The second kappa shape index (κ2) is 7.91. The molecular weight excluding hydrogens is 362 g/mol. The third kappa shape index (κ3) is 4.65. The molecule has 0 amide bonds. The Morgan fingerprint density at radius 3 is 2.39 bits per heavy atom. The van der Waals surface area contributed by atoms with Crippen molar-refractivity contribution in [1.29, 1.82) is 0 Å². The summed E-state index contributed by atoms with van der Waals surface area (Å²) in [6.45, 7) is 0.834. The summed E-state index contributed by atoms with van der Waals surface area (Å²) in [5.41, 5.74) is 5.57. The Labute approximate surface area is 143 Å². The zero-order chi connectivity index (χ0) is 16.4. The lowest BCUT2D eigenvalue weighted by Gasteiger charge is -2.34. The quantitative estimate of drug-likeness (QED) is 0.772. The highest BCUT2D eigenvalue weighted by molar-refractivity contribution is 7.90. The maximum Gasteiger partial charge on any atom is 0.243 e. The monoisotopic (exact) mass is 383 g/mol. The molecule has 23 heavy (non-hydrogen) atoms. The van der Waals surface area contributed by atoms with E-state index in [0.717, 1.165) is 25.3 Å². The van der Waals surface area contributed by atoms with Crippen LogP contribution in [0.4, 0.5) is 0 Å². The molecule has 0 spiro atoms. The number of primary sulfonamides is 1. The normalized spacial score (nSPS) is 20.0. The summed E-state index contributed by atoms with van der Waals surface area (Å²) in [6.07, 6.45) is 3.11. The molecule has 1 saturated heterocycles. The second-order valence-electron chi connectivity index (χ2n) is 5.36. The second-order valence-corrected chi connectivity index (χ2v) is 8.81. The molecule has 2 rings (SSSR count). The molecule has 1 aromatic carbocycles. The number of hydrogen-bond donors (Lipinski definition) is 2. The molecule has 0 bridgehead atoms. The standard InChI is InChI=1S/C13H21N3O4S2.ClH/c14-8-7-11-4-1-2-9-16(11)22(19,20)13-6-3-5-12(10-13)21(15,17)18;/h3,5-6,10-11H,1-2,4,7-9,14H2,(H2,15,17,18);1H. The molecule has 1 aliphatic heterocycles. The maximum absolute atomic E-state index is 12.8. The lowest BCUT2D eigenvalue weighted by molar-refractivity contribution is 0.243. The number of piperidine rings is 1. The fraction of sp³-hybridized carbons (Fsp3) is 0.538. The van der Waals surface area contributed by atoms with Gasteiger partial charge in [0.05, 0.1) is 9.79 Å². The average molecular weight is 384 g/mol. The van der Waals surface area contributed by atoms with E-state index < -0.39 is 20.0 Å². The van der Waals surface area contributed by atoms with E-state index in [4.69, 9.17) is 10.9 Å². The molecule has 7 nitrogen and oxygen atoms in total. The van der Waals surface area contributed by atoms with E-state index in [9.17, 15) is 16.8 Å². The highest BCUT2D eigenvalue weighted by atomic mass is 35.5. The predicted octanol–water partition coefficient (Wildman–Crippen LogP) is 0.648. The third-order valence-corrected chi connectivity index (χ3v) is 6.67. The van der Waals surface area contributed by atoms with Crippen molar-refractivity contribution in [3.63, 3.8) is 0 Å². The number of sulfonamides is 2. The molecule has 1 fully saturated rings. The van der Waals surface area contributed by atoms with Gasteiger partial charge >= 0.3 is 0 Å². The van der Waals surface area contributed by atoms with Crippen molar-refractivity contribution in [2.24, 2.45) is 10.9 Å². The first-order valence-corrected chi connectivity index (χ1v) is 10.1. The Kier molecular flexibility index (Phi) is 6.99. The average Bonchev–Trinajstić information content (AvgIpc) is 2.47. The van der Waals surface area contributed by atoms with Crippen molar-refractivity contribution >= 4 is 32.5 Å². The molecule has 0 radical (unpaired) electrons. The molecule has 1 heterocycles. The molecule has 0 aliphatic carbocycles. The zero-order valence-corrected chi connectivity index (χ0v) is 15.0. The van der Waals surface area contributed by atoms with E-state index in [-0.39, 0.29) is 28.2 Å². The van der Waals surface area contributed by atoms with Crippen molar-refractivity contribution in [3.8, 4) is 0 Å². The van der Waals surface area contributed by atoms with Crippen LogP contribution in [0.1, 0.15) is 25.7 Å². The lowest BCUT2D eigenvalue weighted by Crippen LogP contribution is -2.44. The first-order chi connectivity index (χ1) is 10.3. The first-order valence-electron chi connectivity index (χ1n) is 7.11. The van der Waals surface area contributed by atoms with Gasteiger partial charge < -0.3 is 5.73 Å². The highest BCUT2D eigenvalue weighted by Crippen LogP contribution is 2.27. The molecule has 1 aliphatic rings. The van der Waals surface area contributed by atoms with Crippen LogP contribution < -0.4 is 10.9 Å². The molecule has 0 aromatic heterocycles. The van der Waals surface area contributed by atoms with Crippen LogP contribution in [-0.4, -0.2) is 40.3 Å². The fourth-order valence-electron chi connectivity index (χ4n) is 2.72. The molecule has 10 heteroatoms. The number of nitrogens with zero attached hydrogens (tertiary/aromatic N) is 1. The topological polar surface area (TPSA) is 124 Å². The minimum absolute atomic E-state index is 0. The Bertz CT molecular complexity index is 735. The van der Waals surface area contributed by atoms with E-state index >= 15 is 0 Å². The number of rotatable bonds is 5. The van der Waals surface area contributed by atoms with Crippen LogP contribution in [0.5, 0.6) is 0 Å². The van der Waals surface area contributed by atoms with Gasteiger partial charge in [0.2, 0.25) is 20.0 Å². The summed E-state index contributed by atoms with van der Waals surface area (Å²) in [7, 11) is -7.70. The van der Waals surface area contributed by atoms with Crippen LogP contribution in [-0.2, 0) is 20.0 Å². The van der Waals surface area contributed by atoms with Gasteiger partial charge in [0, 0.05) is 12.6 Å². The molecule has 4 N–H and O–H groups in total. The van der Waals surface area contributed by atoms with E-state index in [2.05, 4.69) is 0 Å². The largest absolute Gasteiger partial charge is 0.330 e. The van der Waals surface area contributed by atoms with Gasteiger partial charge in [0.15, 0.2) is 0 Å². The Morgan fingerprint density at radius 1 is 1.13 bits per heavy atom. The Morgan fingerprint density at radius 2 is 1.78 bits per heavy atom. The first kappa shape index (κ1) is 20.3. The highest BCUT2D eigenvalue weighted by Gasteiger charge is 2.33. The van der Waals surface area contributed by atoms with Gasteiger partial charge in [-0.3, -0.25) is 0 Å². The van der Waals surface area contributed by atoms with Gasteiger partial charge in [-0.1, -0.05) is 12.5 Å². The van der Waals surface area contributed by atoms with Gasteiger partial charge in [-0.2, -0.15) is 4.31 Å². The van der Waals surface area contributed by atoms with Crippen molar-refractivity contribution in [1.82, 2.24) is 4.31 Å². The van der Waals surface area contributed by atoms with Gasteiger partial charge in [-0.15, -0.1) is 12.4 Å². The number of hydrogen-bond acceptors (Lipinski definition) is 5. The SMILES string of the molecule is Cl.NCCC1CCCCN1S(=O)(=O)c1cccc(S(N)(=O)=O)c1. The smallest absolute Gasteiger partial charge is 0.243 e. The Balaban J connectivity index is 0.00000264. The Hall–Kier alpha value is -0.710. The molecule has 0 saturated carbocycles. The predicted molar refractivity (Wildman–Crippen MR) is 90.3 cm³/mol. The number of benzene rings is 1. The van der Waals surface area contributed by atoms with E-state index in [1.807, 2.05) is 0 Å². The van der Waals surface area contributed by atoms with Crippen LogP contribution in [0.25, 0.3) is 0 Å². The summed E-state index contributed by atoms with van der Waals surface area (Å²) >= 11 is 0. The van der Waals surface area contributed by atoms with Crippen LogP contribution in [0, 0.1) is 0 Å². The van der Waals surface area contributed by atoms with Crippen LogP contribution in [0.3, 0.4) is 0 Å². The summed E-state index contributed by atoms with van der Waals surface area (Å²) < 4.78 is 49.9. The minimum atomic E-state index is -3.94. The zero-order valence-electron chi connectivity index (χ0n) is 12.6. The number of halogens is 1. The molecule has 132 valence electrons. The van der Waals surface area contributed by atoms with Crippen molar-refractivity contribution in [2.45, 2.75) is 41.5 Å². The van der Waals surface area contributed by atoms with Gasteiger partial charge in [0.1, 0.15) is 0 Å². The maximum atomic E-state index is 12.8. The summed E-state index contributed by atoms with van der Waals surface area (Å²) in [4.78, 5) is -0.260. The van der Waals surface area contributed by atoms with Crippen molar-refractivity contribution in [3.05, 3.63) is 24.3 Å². The van der Waals surface area contributed by atoms with E-state index in [0.29, 0.717) is 19.5 Å². The molecule has 1 atom stereocenters. The van der Waals surface area contributed by atoms with Gasteiger partial charge in [-0.25, -0.2) is 22.0 Å². The van der Waals surface area contributed by atoms with E-state index in [1.165, 1.54) is 22.5 Å². The van der Waals surface area contributed by atoms with Crippen molar-refractivity contribution in [2.75, 3.05) is 13.1 Å². The van der Waals surface area contributed by atoms with E-state index in [1.54, 1.807) is 0 Å². The lowest BCUT2D eigenvalue weighted by atomic mass is 10.0. The molecule has 1 aromatic rings. The summed E-state index contributed by atoms with van der Waals surface area (Å²) in [5.74, 6) is 0. The van der Waals surface area contributed by atoms with Gasteiger partial charge in [0.25, 0.3) is 0 Å². The van der Waals surface area contributed by atoms with Crippen LogP contribution in [0.15, 0.2) is 34.1 Å². The van der Waals surface area contributed by atoms with Gasteiger partial charge in [-0.05, 0) is 44.0 Å². The molecule has 1 unspecified atom stereocenters. The summed E-state index contributed by atoms with van der Waals surface area (Å²) in [6, 6.07) is 5.02. The number of nitrogens with two attached hydrogens (primary N) is 2. The third-order valence-electron chi connectivity index (χ3n) is 3.81. The fourth-order valence-corrected chi connectivity index (χ4v) is 5.12. The van der Waals surface area contributed by atoms with Crippen LogP contribution in [0.2, 0.25) is 0 Å². The van der Waals surface area contributed by atoms with Crippen LogP contribution >= 0.6 is 12.4 Å². The van der Waals surface area contributed by atoms with Crippen molar-refractivity contribution < 1.29 is 16.8 Å².